The van der Waals surface area contributed by atoms with Gasteiger partial charge in [-0.2, -0.15) is 0 Å². The third-order valence-electron chi connectivity index (χ3n) is 3.07. The minimum Gasteiger partial charge on any atom is -0.426 e. The summed E-state index contributed by atoms with van der Waals surface area (Å²) in [6, 6.07) is 6.38. The minimum absolute atomic E-state index is 0.0859. The Hall–Kier alpha value is -1.84. The fourth-order valence-corrected chi connectivity index (χ4v) is 1.85. The average molecular weight is 263 g/mol. The number of benzene rings is 1. The van der Waals surface area contributed by atoms with Gasteiger partial charge in [-0.05, 0) is 31.0 Å². The molecule has 104 valence electrons. The highest BCUT2D eigenvalue weighted by Crippen LogP contribution is 2.19. The van der Waals surface area contributed by atoms with Gasteiger partial charge in [-0.15, -0.1) is 0 Å². The monoisotopic (exact) mass is 263 g/mol. The minimum atomic E-state index is -0.532. The Morgan fingerprint density at radius 1 is 1.32 bits per heavy atom. The van der Waals surface area contributed by atoms with Crippen LogP contribution in [0, 0.1) is 5.92 Å². The summed E-state index contributed by atoms with van der Waals surface area (Å²) >= 11 is 0. The zero-order valence-corrected chi connectivity index (χ0v) is 11.5. The maximum atomic E-state index is 12.0. The van der Waals surface area contributed by atoms with Gasteiger partial charge in [0.15, 0.2) is 0 Å². The maximum absolute atomic E-state index is 12.0. The largest absolute Gasteiger partial charge is 0.426 e. The molecule has 1 aromatic rings. The molecule has 0 aliphatic carbocycles. The van der Waals surface area contributed by atoms with E-state index < -0.39 is 5.91 Å². The van der Waals surface area contributed by atoms with E-state index in [1.165, 1.54) is 6.07 Å². The summed E-state index contributed by atoms with van der Waals surface area (Å²) in [6.07, 6.45) is 3.66. The standard InChI is InChI=1S/C15H21NO3/c1-3-5-7-11(4-2)15(18)19-13-9-6-8-12(10-13)14(16)17/h6,8-11H,3-5,7H2,1-2H3,(H2,16,17). The number of unbranched alkanes of at least 4 members (excludes halogenated alkanes) is 1. The Morgan fingerprint density at radius 3 is 2.63 bits per heavy atom. The van der Waals surface area contributed by atoms with Gasteiger partial charge in [0.05, 0.1) is 5.92 Å². The number of ether oxygens (including phenoxy) is 1. The Morgan fingerprint density at radius 2 is 2.05 bits per heavy atom. The van der Waals surface area contributed by atoms with Crippen LogP contribution in [0.15, 0.2) is 24.3 Å². The zero-order chi connectivity index (χ0) is 14.3. The lowest BCUT2D eigenvalue weighted by molar-refractivity contribution is -0.139. The van der Waals surface area contributed by atoms with Crippen molar-refractivity contribution in [2.45, 2.75) is 39.5 Å². The fraction of sp³-hybridized carbons (Fsp3) is 0.467. The summed E-state index contributed by atoms with van der Waals surface area (Å²) in [6.45, 7) is 4.07. The van der Waals surface area contributed by atoms with Crippen molar-refractivity contribution in [2.24, 2.45) is 11.7 Å². The van der Waals surface area contributed by atoms with Crippen LogP contribution in [-0.4, -0.2) is 11.9 Å². The van der Waals surface area contributed by atoms with Gasteiger partial charge < -0.3 is 10.5 Å². The second-order valence-corrected chi connectivity index (χ2v) is 4.56. The number of amides is 1. The number of nitrogens with two attached hydrogens (primary N) is 1. The second-order valence-electron chi connectivity index (χ2n) is 4.56. The van der Waals surface area contributed by atoms with Crippen molar-refractivity contribution in [1.29, 1.82) is 0 Å². The molecule has 0 aliphatic rings. The molecule has 1 unspecified atom stereocenters. The molecule has 0 saturated heterocycles. The van der Waals surface area contributed by atoms with Crippen LogP contribution < -0.4 is 10.5 Å². The van der Waals surface area contributed by atoms with Gasteiger partial charge in [-0.3, -0.25) is 9.59 Å². The van der Waals surface area contributed by atoms with Crippen molar-refractivity contribution in [3.8, 4) is 5.75 Å². The van der Waals surface area contributed by atoms with E-state index in [2.05, 4.69) is 6.92 Å². The van der Waals surface area contributed by atoms with Crippen LogP contribution in [0.2, 0.25) is 0 Å². The highest BCUT2D eigenvalue weighted by atomic mass is 16.5. The molecular weight excluding hydrogens is 242 g/mol. The lowest BCUT2D eigenvalue weighted by atomic mass is 10.00. The topological polar surface area (TPSA) is 69.4 Å². The zero-order valence-electron chi connectivity index (χ0n) is 11.5. The van der Waals surface area contributed by atoms with E-state index in [9.17, 15) is 9.59 Å². The van der Waals surface area contributed by atoms with Crippen LogP contribution in [0.3, 0.4) is 0 Å². The van der Waals surface area contributed by atoms with Gasteiger partial charge in [-0.25, -0.2) is 0 Å². The Balaban J connectivity index is 2.69. The highest BCUT2D eigenvalue weighted by molar-refractivity contribution is 5.93. The lowest BCUT2D eigenvalue weighted by Gasteiger charge is -2.13. The quantitative estimate of drug-likeness (QED) is 0.607. The van der Waals surface area contributed by atoms with Crippen LogP contribution in [0.25, 0.3) is 0 Å². The van der Waals surface area contributed by atoms with Gasteiger partial charge in [0, 0.05) is 5.56 Å². The summed E-state index contributed by atoms with van der Waals surface area (Å²) < 4.78 is 5.31. The third kappa shape index (κ3) is 4.73. The first-order chi connectivity index (χ1) is 9.08. The summed E-state index contributed by atoms with van der Waals surface area (Å²) in [5, 5.41) is 0. The molecule has 0 fully saturated rings. The van der Waals surface area contributed by atoms with Crippen LogP contribution in [0.1, 0.15) is 49.9 Å². The van der Waals surface area contributed by atoms with Gasteiger partial charge in [0.25, 0.3) is 0 Å². The number of rotatable bonds is 7. The normalized spacial score (nSPS) is 11.9. The molecular formula is C15H21NO3. The number of hydrogen-bond donors (Lipinski definition) is 1. The van der Waals surface area contributed by atoms with Crippen molar-refractivity contribution >= 4 is 11.9 Å². The molecule has 19 heavy (non-hydrogen) atoms. The SMILES string of the molecule is CCCCC(CC)C(=O)Oc1cccc(C(N)=O)c1. The van der Waals surface area contributed by atoms with Gasteiger partial charge in [0.1, 0.15) is 5.75 Å². The van der Waals surface area contributed by atoms with Crippen molar-refractivity contribution in [3.05, 3.63) is 29.8 Å². The molecule has 0 heterocycles. The summed E-state index contributed by atoms with van der Waals surface area (Å²) in [4.78, 5) is 23.0. The molecule has 0 spiro atoms. The van der Waals surface area contributed by atoms with Gasteiger partial charge in [-0.1, -0.05) is 32.8 Å². The highest BCUT2D eigenvalue weighted by Gasteiger charge is 2.18. The number of carbonyl (C=O) groups is 2. The first-order valence-electron chi connectivity index (χ1n) is 6.70. The van der Waals surface area contributed by atoms with E-state index in [1.807, 2.05) is 6.92 Å². The number of hydrogen-bond acceptors (Lipinski definition) is 3. The molecule has 0 aromatic heterocycles. The van der Waals surface area contributed by atoms with Crippen LogP contribution in [0.4, 0.5) is 0 Å². The predicted molar refractivity (Wildman–Crippen MR) is 73.9 cm³/mol. The van der Waals surface area contributed by atoms with Crippen LogP contribution >= 0.6 is 0 Å². The van der Waals surface area contributed by atoms with Gasteiger partial charge >= 0.3 is 5.97 Å². The number of primary amides is 1. The van der Waals surface area contributed by atoms with E-state index in [1.54, 1.807) is 18.2 Å². The molecule has 1 aromatic carbocycles. The molecule has 4 nitrogen and oxygen atoms in total. The lowest BCUT2D eigenvalue weighted by Crippen LogP contribution is -2.20. The smallest absolute Gasteiger partial charge is 0.314 e. The average Bonchev–Trinajstić information content (AvgIpc) is 2.40. The third-order valence-corrected chi connectivity index (χ3v) is 3.07. The molecule has 0 bridgehead atoms. The first kappa shape index (κ1) is 15.2. The second kappa shape index (κ2) is 7.56. The molecule has 2 N–H and O–H groups in total. The number of esters is 1. The number of carbonyl (C=O) groups excluding carboxylic acids is 2. The Kier molecular flexibility index (Phi) is 6.06. The Bertz CT molecular complexity index is 443. The maximum Gasteiger partial charge on any atom is 0.314 e. The van der Waals surface area contributed by atoms with E-state index >= 15 is 0 Å². The summed E-state index contributed by atoms with van der Waals surface area (Å²) in [5.74, 6) is -0.484. The summed E-state index contributed by atoms with van der Waals surface area (Å²) in [7, 11) is 0. The summed E-state index contributed by atoms with van der Waals surface area (Å²) in [5.41, 5.74) is 5.53. The molecule has 1 amide bonds. The fourth-order valence-electron chi connectivity index (χ4n) is 1.85. The van der Waals surface area contributed by atoms with Crippen molar-refractivity contribution in [3.63, 3.8) is 0 Å². The molecule has 0 saturated carbocycles. The van der Waals surface area contributed by atoms with Crippen LogP contribution in [-0.2, 0) is 4.79 Å². The van der Waals surface area contributed by atoms with Crippen molar-refractivity contribution < 1.29 is 14.3 Å². The van der Waals surface area contributed by atoms with E-state index in [0.29, 0.717) is 11.3 Å². The Labute approximate surface area is 113 Å². The van der Waals surface area contributed by atoms with Crippen molar-refractivity contribution in [1.82, 2.24) is 0 Å². The predicted octanol–water partition coefficient (Wildman–Crippen LogP) is 2.91. The van der Waals surface area contributed by atoms with Crippen molar-refractivity contribution in [2.75, 3.05) is 0 Å². The molecule has 0 radical (unpaired) electrons. The van der Waals surface area contributed by atoms with E-state index in [0.717, 1.165) is 25.7 Å². The van der Waals surface area contributed by atoms with Crippen LogP contribution in [0.5, 0.6) is 5.75 Å². The molecule has 1 rings (SSSR count). The van der Waals surface area contributed by atoms with Gasteiger partial charge in [0.2, 0.25) is 5.91 Å². The van der Waals surface area contributed by atoms with E-state index in [4.69, 9.17) is 10.5 Å². The molecule has 4 heteroatoms. The molecule has 1 atom stereocenters. The van der Waals surface area contributed by atoms with E-state index in [-0.39, 0.29) is 11.9 Å². The first-order valence-corrected chi connectivity index (χ1v) is 6.70. The molecule has 0 aliphatic heterocycles.